The van der Waals surface area contributed by atoms with E-state index < -0.39 is 11.7 Å². The summed E-state index contributed by atoms with van der Waals surface area (Å²) in [6.07, 6.45) is 0.0405. The molecule has 2 aromatic heterocycles. The summed E-state index contributed by atoms with van der Waals surface area (Å²) >= 11 is 1.31. The van der Waals surface area contributed by atoms with Crippen LogP contribution in [0.2, 0.25) is 0 Å². The van der Waals surface area contributed by atoms with Crippen LogP contribution in [-0.4, -0.2) is 70.4 Å². The second kappa shape index (κ2) is 15.3. The van der Waals surface area contributed by atoms with Gasteiger partial charge in [0.15, 0.2) is 0 Å². The van der Waals surface area contributed by atoms with E-state index in [9.17, 15) is 4.79 Å². The van der Waals surface area contributed by atoms with Crippen molar-refractivity contribution in [1.82, 2.24) is 19.9 Å². The van der Waals surface area contributed by atoms with Crippen LogP contribution in [0.1, 0.15) is 61.3 Å². The highest BCUT2D eigenvalue weighted by Gasteiger charge is 2.33. The lowest BCUT2D eigenvalue weighted by molar-refractivity contribution is 0.0450. The molecule has 0 aliphatic carbocycles. The first-order valence-corrected chi connectivity index (χ1v) is 17.1. The number of hydrogen-bond donors (Lipinski definition) is 1. The number of amides is 1. The quantitative estimate of drug-likeness (QED) is 0.170. The number of methoxy groups -OCH3 is 1. The number of anilines is 2. The molecule has 2 aromatic carbocycles. The van der Waals surface area contributed by atoms with Gasteiger partial charge in [0.05, 0.1) is 30.6 Å². The third kappa shape index (κ3) is 8.82. The number of ether oxygens (including phenoxy) is 2. The predicted molar refractivity (Wildman–Crippen MR) is 190 cm³/mol. The average molecular weight is 673 g/mol. The Kier molecular flexibility index (Phi) is 11.2. The summed E-state index contributed by atoms with van der Waals surface area (Å²) in [6.45, 7) is 12.7. The molecule has 1 N–H and O–H groups in total. The monoisotopic (exact) mass is 672 g/mol. The molecule has 5 rings (SSSR count). The molecule has 254 valence electrons. The number of carbonyl (C=O) groups excluding carboxylic acids is 1. The highest BCUT2D eigenvalue weighted by atomic mass is 32.2. The maximum Gasteiger partial charge on any atom is 0.254 e. The van der Waals surface area contributed by atoms with E-state index in [1.807, 2.05) is 68.4 Å². The molecule has 0 fully saturated rings. The highest BCUT2D eigenvalue weighted by molar-refractivity contribution is 8.00. The number of halogens is 1. The first-order valence-electron chi connectivity index (χ1n) is 16.2. The van der Waals surface area contributed by atoms with Gasteiger partial charge in [-0.1, -0.05) is 30.3 Å². The van der Waals surface area contributed by atoms with Gasteiger partial charge in [0, 0.05) is 48.2 Å². The molecule has 9 nitrogen and oxygen atoms in total. The van der Waals surface area contributed by atoms with Crippen LogP contribution in [0.3, 0.4) is 0 Å². The lowest BCUT2D eigenvalue weighted by Crippen LogP contribution is -2.46. The fourth-order valence-electron chi connectivity index (χ4n) is 5.94. The zero-order valence-electron chi connectivity index (χ0n) is 28.8. The molecule has 0 saturated carbocycles. The van der Waals surface area contributed by atoms with Crippen LogP contribution < -0.4 is 14.4 Å². The molecule has 1 atom stereocenters. The van der Waals surface area contributed by atoms with Crippen molar-refractivity contribution in [2.45, 2.75) is 77.2 Å². The zero-order valence-corrected chi connectivity index (χ0v) is 29.6. The number of fused-ring (bicyclic) bond motifs is 4. The van der Waals surface area contributed by atoms with Crippen molar-refractivity contribution in [3.05, 3.63) is 89.1 Å². The number of pyridine rings is 1. The Labute approximate surface area is 287 Å². The number of nitrogens with one attached hydrogen (secondary N) is 1. The highest BCUT2D eigenvalue weighted by Crippen LogP contribution is 2.32. The number of nitrogens with zero attached hydrogens (tertiary/aromatic N) is 5. The van der Waals surface area contributed by atoms with Gasteiger partial charge in [-0.2, -0.15) is 4.98 Å². The molecule has 1 amide bonds. The van der Waals surface area contributed by atoms with Crippen LogP contribution in [0, 0.1) is 13.8 Å². The van der Waals surface area contributed by atoms with Crippen LogP contribution in [0.15, 0.2) is 71.6 Å². The van der Waals surface area contributed by atoms with E-state index in [4.69, 9.17) is 19.4 Å². The van der Waals surface area contributed by atoms with Gasteiger partial charge in [-0.3, -0.25) is 9.52 Å². The number of alkyl halides is 1. The fourth-order valence-corrected chi connectivity index (χ4v) is 6.57. The Morgan fingerprint density at radius 3 is 2.50 bits per heavy atom. The molecule has 1 aliphatic heterocycles. The largest absolute Gasteiger partial charge is 0.475 e. The molecule has 1 aliphatic rings. The SMILES string of the molecule is COCCN(c1cccc(CN2C(=O)c3cccc(c3)SNc3nc(cc(-c4c(C)cccc4C)n3)OC[C@H]2CC(C)(C)F)n1)C(C)C. The van der Waals surface area contributed by atoms with Crippen LogP contribution in [0.5, 0.6) is 5.88 Å². The first kappa shape index (κ1) is 35.1. The van der Waals surface area contributed by atoms with E-state index in [-0.39, 0.29) is 31.5 Å². The summed E-state index contributed by atoms with van der Waals surface area (Å²) in [5, 5.41) is 0. The Morgan fingerprint density at radius 1 is 1.06 bits per heavy atom. The molecular formula is C37H45FN6O3S. The van der Waals surface area contributed by atoms with Crippen molar-refractivity contribution < 1.29 is 18.7 Å². The third-order valence-electron chi connectivity index (χ3n) is 8.21. The first-order chi connectivity index (χ1) is 22.9. The summed E-state index contributed by atoms with van der Waals surface area (Å²) < 4.78 is 30.5. The van der Waals surface area contributed by atoms with E-state index in [0.717, 1.165) is 27.4 Å². The second-order valence-electron chi connectivity index (χ2n) is 13.0. The van der Waals surface area contributed by atoms with Crippen LogP contribution >= 0.6 is 11.9 Å². The van der Waals surface area contributed by atoms with Crippen molar-refractivity contribution >= 4 is 29.6 Å². The minimum absolute atomic E-state index is 0.0141. The van der Waals surface area contributed by atoms with E-state index in [1.54, 1.807) is 24.1 Å². The summed E-state index contributed by atoms with van der Waals surface area (Å²) in [5.41, 5.74) is 3.42. The van der Waals surface area contributed by atoms with E-state index in [1.165, 1.54) is 25.8 Å². The number of hydrogen-bond acceptors (Lipinski definition) is 9. The van der Waals surface area contributed by atoms with Crippen LogP contribution in [0.4, 0.5) is 16.2 Å². The molecule has 0 unspecified atom stereocenters. The van der Waals surface area contributed by atoms with Gasteiger partial charge < -0.3 is 19.3 Å². The van der Waals surface area contributed by atoms with Crippen molar-refractivity contribution in [2.75, 3.05) is 36.5 Å². The number of aromatic nitrogens is 3. The minimum Gasteiger partial charge on any atom is -0.475 e. The zero-order chi connectivity index (χ0) is 34.4. The Hall–Kier alpha value is -4.22. The summed E-state index contributed by atoms with van der Waals surface area (Å²) in [6, 6.07) is 20.6. The maximum atomic E-state index is 15.6. The van der Waals surface area contributed by atoms with Gasteiger partial charge in [-0.15, -0.1) is 0 Å². The molecule has 0 spiro atoms. The van der Waals surface area contributed by atoms with Gasteiger partial charge in [-0.05, 0) is 94.9 Å². The number of rotatable bonds is 10. The molecule has 4 aromatic rings. The van der Waals surface area contributed by atoms with Gasteiger partial charge in [0.2, 0.25) is 11.8 Å². The number of benzene rings is 2. The van der Waals surface area contributed by atoms with Gasteiger partial charge >= 0.3 is 0 Å². The number of aryl methyl sites for hydroxylation is 2. The van der Waals surface area contributed by atoms with Crippen molar-refractivity contribution in [1.29, 1.82) is 0 Å². The lowest BCUT2D eigenvalue weighted by atomic mass is 9.98. The standard InChI is InChI=1S/C37H45FN6O3S/c1-24(2)43(17-18-46-7)32-16-10-14-28(39-32)22-44-29(21-37(5,6)38)23-47-33-20-31(34-25(3)11-8-12-26(34)4)40-36(41-33)42-48-30-15-9-13-27(19-30)35(44)45/h8-16,19-20,24,29H,17-18,21-23H2,1-7H3,(H,40,41,42)/t29-/m1/s1. The Balaban J connectivity index is 1.58. The van der Waals surface area contributed by atoms with Crippen LogP contribution in [0.25, 0.3) is 11.3 Å². The molecule has 3 heterocycles. The van der Waals surface area contributed by atoms with E-state index in [0.29, 0.717) is 41.9 Å². The van der Waals surface area contributed by atoms with Gasteiger partial charge in [0.25, 0.3) is 5.91 Å². The second-order valence-corrected chi connectivity index (χ2v) is 13.9. The van der Waals surface area contributed by atoms with Gasteiger partial charge in [0.1, 0.15) is 18.1 Å². The van der Waals surface area contributed by atoms with Crippen molar-refractivity contribution in [3.63, 3.8) is 0 Å². The summed E-state index contributed by atoms with van der Waals surface area (Å²) in [4.78, 5) is 33.5. The molecular weight excluding hydrogens is 628 g/mol. The lowest BCUT2D eigenvalue weighted by Gasteiger charge is -2.34. The molecule has 11 heteroatoms. The summed E-state index contributed by atoms with van der Waals surface area (Å²) in [7, 11) is 1.68. The predicted octanol–water partition coefficient (Wildman–Crippen LogP) is 7.68. The average Bonchev–Trinajstić information content (AvgIpc) is 3.04. The minimum atomic E-state index is -1.59. The van der Waals surface area contributed by atoms with E-state index in [2.05, 4.69) is 28.5 Å². The molecule has 48 heavy (non-hydrogen) atoms. The van der Waals surface area contributed by atoms with Crippen LogP contribution in [-0.2, 0) is 11.3 Å². The van der Waals surface area contributed by atoms with Crippen molar-refractivity contribution in [3.8, 4) is 17.1 Å². The molecule has 4 bridgehead atoms. The van der Waals surface area contributed by atoms with Crippen molar-refractivity contribution in [2.24, 2.45) is 0 Å². The normalized spacial score (nSPS) is 15.2. The number of carbonyl (C=O) groups is 1. The van der Waals surface area contributed by atoms with Gasteiger partial charge in [-0.25, -0.2) is 14.4 Å². The Bertz CT molecular complexity index is 1710. The Morgan fingerprint density at radius 2 is 1.79 bits per heavy atom. The smallest absolute Gasteiger partial charge is 0.254 e. The third-order valence-corrected chi connectivity index (χ3v) is 8.98. The van der Waals surface area contributed by atoms with E-state index >= 15 is 4.39 Å². The fraction of sp³-hybridized carbons (Fsp3) is 0.405. The molecule has 0 saturated heterocycles. The maximum absolute atomic E-state index is 15.6. The summed E-state index contributed by atoms with van der Waals surface area (Å²) in [5.74, 6) is 1.25. The topological polar surface area (TPSA) is 92.7 Å². The molecule has 0 radical (unpaired) electrons.